The van der Waals surface area contributed by atoms with Crippen LogP contribution < -0.4 is 4.90 Å². The van der Waals surface area contributed by atoms with E-state index in [0.29, 0.717) is 29.6 Å². The number of anilines is 1. The molecule has 0 saturated carbocycles. The van der Waals surface area contributed by atoms with Crippen molar-refractivity contribution < 1.29 is 4.79 Å². The highest BCUT2D eigenvalue weighted by atomic mass is 35.5. The second-order valence-electron chi connectivity index (χ2n) is 8.02. The van der Waals surface area contributed by atoms with Crippen molar-refractivity contribution in [3.63, 3.8) is 0 Å². The predicted molar refractivity (Wildman–Crippen MR) is 126 cm³/mol. The van der Waals surface area contributed by atoms with Crippen molar-refractivity contribution in [2.45, 2.75) is 25.8 Å². The fraction of sp³-hybridized carbons (Fsp3) is 0.200. The molecule has 31 heavy (non-hydrogen) atoms. The number of hydrogen-bond donors (Lipinski definition) is 0. The molecule has 1 atom stereocenters. The molecule has 1 saturated heterocycles. The highest BCUT2D eigenvalue weighted by Crippen LogP contribution is 2.34. The standard InChI is InChI=1S/C25H21Cl2N3O/c1-16-5-4-6-20(11-16)29-15-18(12-24(29)31)25-28-22-7-2-3-8-23(22)30(25)14-17-9-10-19(26)13-21(17)27/h2-11,13,18H,12,14-15H2,1H3/t18-/m1/s1. The Morgan fingerprint density at radius 1 is 1.03 bits per heavy atom. The van der Waals surface area contributed by atoms with E-state index in [1.165, 1.54) is 0 Å². The van der Waals surface area contributed by atoms with E-state index in [9.17, 15) is 4.79 Å². The molecule has 1 aliphatic rings. The first-order valence-corrected chi connectivity index (χ1v) is 11.0. The van der Waals surface area contributed by atoms with E-state index in [1.807, 2.05) is 60.4 Å². The number of carbonyl (C=O) groups is 1. The number of aryl methyl sites for hydroxylation is 1. The number of para-hydroxylation sites is 2. The number of benzene rings is 3. The largest absolute Gasteiger partial charge is 0.323 e. The Hall–Kier alpha value is -2.82. The second kappa shape index (κ2) is 8.03. The van der Waals surface area contributed by atoms with Gasteiger partial charge in [0.1, 0.15) is 5.82 Å². The van der Waals surface area contributed by atoms with Gasteiger partial charge in [-0.05, 0) is 54.4 Å². The van der Waals surface area contributed by atoms with Gasteiger partial charge in [-0.1, -0.05) is 53.5 Å². The average molecular weight is 450 g/mol. The predicted octanol–water partition coefficient (Wildman–Crippen LogP) is 6.22. The van der Waals surface area contributed by atoms with E-state index in [-0.39, 0.29) is 11.8 Å². The van der Waals surface area contributed by atoms with Crippen LogP contribution in [0.15, 0.2) is 66.7 Å². The van der Waals surface area contributed by atoms with Crippen LogP contribution in [-0.2, 0) is 11.3 Å². The van der Waals surface area contributed by atoms with E-state index >= 15 is 0 Å². The fourth-order valence-electron chi connectivity index (χ4n) is 4.32. The van der Waals surface area contributed by atoms with Crippen LogP contribution in [0.2, 0.25) is 10.0 Å². The first-order chi connectivity index (χ1) is 15.0. The number of nitrogens with zero attached hydrogens (tertiary/aromatic N) is 3. The molecule has 0 unspecified atom stereocenters. The molecule has 1 amide bonds. The fourth-order valence-corrected chi connectivity index (χ4v) is 4.79. The van der Waals surface area contributed by atoms with Gasteiger partial charge < -0.3 is 9.47 Å². The van der Waals surface area contributed by atoms with E-state index in [1.54, 1.807) is 6.07 Å². The van der Waals surface area contributed by atoms with E-state index < -0.39 is 0 Å². The normalized spacial score (nSPS) is 16.4. The van der Waals surface area contributed by atoms with Gasteiger partial charge in [0, 0.05) is 34.6 Å². The molecule has 0 aliphatic carbocycles. The van der Waals surface area contributed by atoms with Gasteiger partial charge in [-0.25, -0.2) is 4.98 Å². The van der Waals surface area contributed by atoms with Crippen molar-refractivity contribution in [1.82, 2.24) is 9.55 Å². The second-order valence-corrected chi connectivity index (χ2v) is 8.87. The van der Waals surface area contributed by atoms with Crippen LogP contribution in [0, 0.1) is 6.92 Å². The number of carbonyl (C=O) groups excluding carboxylic acids is 1. The molecular weight excluding hydrogens is 429 g/mol. The van der Waals surface area contributed by atoms with Crippen LogP contribution in [0.25, 0.3) is 11.0 Å². The zero-order valence-corrected chi connectivity index (χ0v) is 18.6. The van der Waals surface area contributed by atoms with Crippen molar-refractivity contribution in [1.29, 1.82) is 0 Å². The summed E-state index contributed by atoms with van der Waals surface area (Å²) in [6.07, 6.45) is 0.436. The number of hydrogen-bond acceptors (Lipinski definition) is 2. The molecule has 156 valence electrons. The number of fused-ring (bicyclic) bond motifs is 1. The lowest BCUT2D eigenvalue weighted by atomic mass is 10.1. The third-order valence-electron chi connectivity index (χ3n) is 5.83. The molecule has 0 spiro atoms. The molecular formula is C25H21Cl2N3O. The zero-order valence-electron chi connectivity index (χ0n) is 17.1. The maximum absolute atomic E-state index is 12.9. The lowest BCUT2D eigenvalue weighted by Crippen LogP contribution is -2.24. The van der Waals surface area contributed by atoms with E-state index in [4.69, 9.17) is 28.2 Å². The maximum atomic E-state index is 12.9. The minimum absolute atomic E-state index is 0.00601. The van der Waals surface area contributed by atoms with Crippen LogP contribution in [0.3, 0.4) is 0 Å². The van der Waals surface area contributed by atoms with Crippen LogP contribution in [0.5, 0.6) is 0 Å². The first-order valence-electron chi connectivity index (χ1n) is 10.3. The summed E-state index contributed by atoms with van der Waals surface area (Å²) in [7, 11) is 0. The van der Waals surface area contributed by atoms with Crippen molar-refractivity contribution in [3.8, 4) is 0 Å². The van der Waals surface area contributed by atoms with E-state index in [0.717, 1.165) is 33.7 Å². The summed E-state index contributed by atoms with van der Waals surface area (Å²) in [4.78, 5) is 19.7. The Balaban J connectivity index is 1.54. The van der Waals surface area contributed by atoms with Gasteiger partial charge in [-0.3, -0.25) is 4.79 Å². The summed E-state index contributed by atoms with van der Waals surface area (Å²) in [5.41, 5.74) is 5.00. The molecule has 0 radical (unpaired) electrons. The summed E-state index contributed by atoms with van der Waals surface area (Å²) in [6.45, 7) is 3.22. The van der Waals surface area contributed by atoms with Crippen LogP contribution in [0.4, 0.5) is 5.69 Å². The van der Waals surface area contributed by atoms with Gasteiger partial charge in [0.25, 0.3) is 0 Å². The zero-order chi connectivity index (χ0) is 21.5. The Bertz CT molecular complexity index is 1300. The Morgan fingerprint density at radius 2 is 1.87 bits per heavy atom. The van der Waals surface area contributed by atoms with Crippen molar-refractivity contribution in [3.05, 3.63) is 93.7 Å². The van der Waals surface area contributed by atoms with Gasteiger partial charge >= 0.3 is 0 Å². The van der Waals surface area contributed by atoms with Crippen molar-refractivity contribution >= 4 is 45.8 Å². The van der Waals surface area contributed by atoms with Crippen LogP contribution in [0.1, 0.15) is 29.3 Å². The molecule has 4 aromatic rings. The topological polar surface area (TPSA) is 38.1 Å². The molecule has 0 N–H and O–H groups in total. The van der Waals surface area contributed by atoms with Gasteiger partial charge in [0.15, 0.2) is 0 Å². The number of rotatable bonds is 4. The molecule has 1 fully saturated rings. The number of amides is 1. The SMILES string of the molecule is Cc1cccc(N2C[C@H](c3nc4ccccc4n3Cc3ccc(Cl)cc3Cl)CC2=O)c1. The molecule has 5 rings (SSSR count). The third kappa shape index (κ3) is 3.82. The molecule has 4 nitrogen and oxygen atoms in total. The summed E-state index contributed by atoms with van der Waals surface area (Å²) in [5, 5.41) is 1.24. The first kappa shape index (κ1) is 20.1. The summed E-state index contributed by atoms with van der Waals surface area (Å²) in [5.74, 6) is 1.04. The van der Waals surface area contributed by atoms with Crippen LogP contribution in [-0.4, -0.2) is 22.0 Å². The quantitative estimate of drug-likeness (QED) is 0.370. The molecule has 0 bridgehead atoms. The molecule has 6 heteroatoms. The van der Waals surface area contributed by atoms with Gasteiger partial charge in [0.05, 0.1) is 17.6 Å². The summed E-state index contributed by atoms with van der Waals surface area (Å²) in [6, 6.07) is 21.7. The van der Waals surface area contributed by atoms with Crippen LogP contribution >= 0.6 is 23.2 Å². The summed E-state index contributed by atoms with van der Waals surface area (Å²) >= 11 is 12.6. The van der Waals surface area contributed by atoms with Gasteiger partial charge in [0.2, 0.25) is 5.91 Å². The molecule has 3 aromatic carbocycles. The lowest BCUT2D eigenvalue weighted by Gasteiger charge is -2.18. The van der Waals surface area contributed by atoms with Gasteiger partial charge in [-0.15, -0.1) is 0 Å². The monoisotopic (exact) mass is 449 g/mol. The number of imidazole rings is 1. The number of halogens is 2. The minimum atomic E-state index is 0.00601. The Morgan fingerprint density at radius 3 is 2.68 bits per heavy atom. The highest BCUT2D eigenvalue weighted by Gasteiger charge is 2.35. The van der Waals surface area contributed by atoms with E-state index in [2.05, 4.69) is 16.7 Å². The lowest BCUT2D eigenvalue weighted by molar-refractivity contribution is -0.117. The maximum Gasteiger partial charge on any atom is 0.227 e. The molecule has 2 heterocycles. The minimum Gasteiger partial charge on any atom is -0.323 e. The Labute approximate surface area is 191 Å². The molecule has 1 aromatic heterocycles. The smallest absolute Gasteiger partial charge is 0.227 e. The van der Waals surface area contributed by atoms with Crippen molar-refractivity contribution in [2.75, 3.05) is 11.4 Å². The molecule has 1 aliphatic heterocycles. The summed E-state index contributed by atoms with van der Waals surface area (Å²) < 4.78 is 2.18. The Kier molecular flexibility index (Phi) is 5.20. The average Bonchev–Trinajstić information content (AvgIpc) is 3.31. The number of aromatic nitrogens is 2. The third-order valence-corrected chi connectivity index (χ3v) is 6.42. The van der Waals surface area contributed by atoms with Crippen molar-refractivity contribution in [2.24, 2.45) is 0 Å². The van der Waals surface area contributed by atoms with Gasteiger partial charge in [-0.2, -0.15) is 0 Å². The highest BCUT2D eigenvalue weighted by molar-refractivity contribution is 6.35.